The Labute approximate surface area is 193 Å². The Hall–Kier alpha value is -2.62. The van der Waals surface area contributed by atoms with Crippen LogP contribution in [-0.4, -0.2) is 82.6 Å². The first-order valence-electron chi connectivity index (χ1n) is 11.7. The molecule has 4 fully saturated rings. The Bertz CT molecular complexity index is 928. The molecule has 0 aromatic carbocycles. The molecule has 10 heteroatoms. The molecule has 0 saturated carbocycles. The molecule has 5 rings (SSSR count). The standard InChI is InChI=1S/C23H32FN5O4/c1-22(2,3)32-21(31)28-13-18-6-8-23(14-28,29(18)17-7-9-25-19(24)10-17)33-20(30)27-11-15-4-5-16(12-27)26-15/h7,9-10,15-16,18,26H,4-6,8,11-14H2,1-3H3/t15?,16?,18-,23+/m0/s1. The molecule has 1 N–H and O–H groups in total. The van der Waals surface area contributed by atoms with Gasteiger partial charge in [0.1, 0.15) is 5.60 Å². The number of nitrogens with one attached hydrogen (secondary N) is 1. The zero-order valence-electron chi connectivity index (χ0n) is 19.4. The molecule has 2 unspecified atom stereocenters. The van der Waals surface area contributed by atoms with Gasteiger partial charge in [-0.1, -0.05) is 0 Å². The lowest BCUT2D eigenvalue weighted by atomic mass is 10.1. The highest BCUT2D eigenvalue weighted by molar-refractivity contribution is 5.72. The molecule has 0 radical (unpaired) electrons. The van der Waals surface area contributed by atoms with Gasteiger partial charge in [0.25, 0.3) is 0 Å². The van der Waals surface area contributed by atoms with Crippen LogP contribution >= 0.6 is 0 Å². The second-order valence-electron chi connectivity index (χ2n) is 10.6. The number of fused-ring (bicyclic) bond motifs is 4. The van der Waals surface area contributed by atoms with Crippen molar-refractivity contribution < 1.29 is 23.5 Å². The third-order valence-corrected chi connectivity index (χ3v) is 6.93. The number of halogens is 1. The summed E-state index contributed by atoms with van der Waals surface area (Å²) >= 11 is 0. The normalized spacial score (nSPS) is 31.0. The first-order chi connectivity index (χ1) is 15.6. The highest BCUT2D eigenvalue weighted by Gasteiger charge is 2.56. The molecule has 33 heavy (non-hydrogen) atoms. The SMILES string of the molecule is CC(C)(C)OC(=O)N1C[C@@H]2CC[C@@](OC(=O)N3CC4CCC(C3)N4)(C1)N2c1ccnc(F)c1. The lowest BCUT2D eigenvalue weighted by Crippen LogP contribution is -2.66. The summed E-state index contributed by atoms with van der Waals surface area (Å²) in [6, 6.07) is 3.54. The average Bonchev–Trinajstić information content (AvgIpc) is 3.18. The predicted octanol–water partition coefficient (Wildman–Crippen LogP) is 2.71. The first kappa shape index (κ1) is 22.2. The summed E-state index contributed by atoms with van der Waals surface area (Å²) in [5, 5.41) is 3.52. The van der Waals surface area contributed by atoms with Crippen LogP contribution in [0.25, 0.3) is 0 Å². The van der Waals surface area contributed by atoms with E-state index in [0.717, 1.165) is 12.8 Å². The molecule has 1 aromatic heterocycles. The van der Waals surface area contributed by atoms with Crippen LogP contribution in [0.2, 0.25) is 0 Å². The van der Waals surface area contributed by atoms with E-state index >= 15 is 0 Å². The van der Waals surface area contributed by atoms with Crippen LogP contribution in [0.1, 0.15) is 46.5 Å². The third-order valence-electron chi connectivity index (χ3n) is 6.93. The summed E-state index contributed by atoms with van der Waals surface area (Å²) in [5.41, 5.74) is -1.12. The Morgan fingerprint density at radius 2 is 1.85 bits per heavy atom. The summed E-state index contributed by atoms with van der Waals surface area (Å²) in [5.74, 6) is -0.596. The molecule has 4 atom stereocenters. The topological polar surface area (TPSA) is 87.2 Å². The van der Waals surface area contributed by atoms with Gasteiger partial charge in [0, 0.05) is 56.1 Å². The zero-order chi connectivity index (χ0) is 23.4. The van der Waals surface area contributed by atoms with E-state index in [2.05, 4.69) is 10.3 Å². The van der Waals surface area contributed by atoms with E-state index in [1.165, 1.54) is 12.3 Å². The minimum absolute atomic E-state index is 0.125. The van der Waals surface area contributed by atoms with E-state index in [1.54, 1.807) is 15.9 Å². The minimum atomic E-state index is -1.09. The molecule has 2 amide bonds. The van der Waals surface area contributed by atoms with Gasteiger partial charge in [0.05, 0.1) is 12.6 Å². The van der Waals surface area contributed by atoms with Gasteiger partial charge in [-0.2, -0.15) is 4.39 Å². The molecular formula is C23H32FN5O4. The van der Waals surface area contributed by atoms with Gasteiger partial charge < -0.3 is 29.5 Å². The summed E-state index contributed by atoms with van der Waals surface area (Å²) in [4.78, 5) is 35.3. The summed E-state index contributed by atoms with van der Waals surface area (Å²) < 4.78 is 25.9. The number of ether oxygens (including phenoxy) is 2. The van der Waals surface area contributed by atoms with Crippen molar-refractivity contribution >= 4 is 17.9 Å². The number of pyridine rings is 1. The Morgan fingerprint density at radius 3 is 2.52 bits per heavy atom. The fourth-order valence-corrected chi connectivity index (χ4v) is 5.68. The lowest BCUT2D eigenvalue weighted by Gasteiger charge is -2.49. The second kappa shape index (κ2) is 8.00. The number of rotatable bonds is 2. The molecule has 4 bridgehead atoms. The number of piperazine rings is 2. The molecule has 1 aromatic rings. The van der Waals surface area contributed by atoms with Crippen LogP contribution in [0.4, 0.5) is 19.7 Å². The molecule has 9 nitrogen and oxygen atoms in total. The number of carbonyl (C=O) groups is 2. The van der Waals surface area contributed by atoms with Gasteiger partial charge in [-0.3, -0.25) is 0 Å². The Balaban J connectivity index is 1.42. The minimum Gasteiger partial charge on any atom is -0.444 e. The number of hydrogen-bond donors (Lipinski definition) is 1. The van der Waals surface area contributed by atoms with E-state index in [9.17, 15) is 14.0 Å². The first-order valence-corrected chi connectivity index (χ1v) is 11.7. The number of nitrogens with zero attached hydrogens (tertiary/aromatic N) is 4. The zero-order valence-corrected chi connectivity index (χ0v) is 19.4. The molecule has 0 spiro atoms. The molecule has 180 valence electrons. The predicted molar refractivity (Wildman–Crippen MR) is 118 cm³/mol. The number of hydrogen-bond acceptors (Lipinski definition) is 7. The van der Waals surface area contributed by atoms with Gasteiger partial charge in [-0.25, -0.2) is 14.6 Å². The highest BCUT2D eigenvalue weighted by atomic mass is 19.1. The summed E-state index contributed by atoms with van der Waals surface area (Å²) in [7, 11) is 0. The van der Waals surface area contributed by atoms with Crippen molar-refractivity contribution in [2.75, 3.05) is 31.1 Å². The van der Waals surface area contributed by atoms with Crippen molar-refractivity contribution in [1.82, 2.24) is 20.1 Å². The number of amides is 2. The van der Waals surface area contributed by atoms with Crippen molar-refractivity contribution in [1.29, 1.82) is 0 Å². The maximum Gasteiger partial charge on any atom is 0.412 e. The van der Waals surface area contributed by atoms with Gasteiger partial charge >= 0.3 is 12.2 Å². The largest absolute Gasteiger partial charge is 0.444 e. The number of aromatic nitrogens is 1. The monoisotopic (exact) mass is 461 g/mol. The highest BCUT2D eigenvalue weighted by Crippen LogP contribution is 2.44. The van der Waals surface area contributed by atoms with E-state index < -0.39 is 23.4 Å². The van der Waals surface area contributed by atoms with E-state index in [-0.39, 0.29) is 18.7 Å². The van der Waals surface area contributed by atoms with Crippen LogP contribution in [0.5, 0.6) is 0 Å². The van der Waals surface area contributed by atoms with E-state index in [4.69, 9.17) is 9.47 Å². The van der Waals surface area contributed by atoms with Crippen molar-refractivity contribution in [3.05, 3.63) is 24.3 Å². The number of anilines is 1. The second-order valence-corrected chi connectivity index (χ2v) is 10.6. The third kappa shape index (κ3) is 4.32. The van der Waals surface area contributed by atoms with Crippen LogP contribution in [0, 0.1) is 5.95 Å². The van der Waals surface area contributed by atoms with Gasteiger partial charge in [-0.15, -0.1) is 0 Å². The van der Waals surface area contributed by atoms with Crippen LogP contribution in [0.3, 0.4) is 0 Å². The Morgan fingerprint density at radius 1 is 1.12 bits per heavy atom. The van der Waals surface area contributed by atoms with Gasteiger partial charge in [0.15, 0.2) is 0 Å². The molecule has 5 heterocycles. The van der Waals surface area contributed by atoms with Crippen LogP contribution in [-0.2, 0) is 9.47 Å². The molecule has 0 aliphatic carbocycles. The van der Waals surface area contributed by atoms with Crippen LogP contribution < -0.4 is 10.2 Å². The summed E-state index contributed by atoms with van der Waals surface area (Å²) in [6.07, 6.45) is 3.95. The van der Waals surface area contributed by atoms with Crippen molar-refractivity contribution in [2.45, 2.75) is 75.9 Å². The smallest absolute Gasteiger partial charge is 0.412 e. The Kier molecular flexibility index (Phi) is 5.38. The van der Waals surface area contributed by atoms with Crippen molar-refractivity contribution in [2.24, 2.45) is 0 Å². The molecule has 4 saturated heterocycles. The van der Waals surface area contributed by atoms with Gasteiger partial charge in [0.2, 0.25) is 11.7 Å². The number of carbonyl (C=O) groups excluding carboxylic acids is 2. The molecule has 4 aliphatic rings. The van der Waals surface area contributed by atoms with Crippen molar-refractivity contribution in [3.63, 3.8) is 0 Å². The van der Waals surface area contributed by atoms with Crippen LogP contribution in [0.15, 0.2) is 18.3 Å². The maximum absolute atomic E-state index is 14.0. The van der Waals surface area contributed by atoms with Crippen molar-refractivity contribution in [3.8, 4) is 0 Å². The number of likely N-dealkylation sites (tertiary alicyclic amines) is 2. The molecular weight excluding hydrogens is 429 g/mol. The maximum atomic E-state index is 14.0. The fraction of sp³-hybridized carbons (Fsp3) is 0.696. The van der Waals surface area contributed by atoms with Gasteiger partial charge in [-0.05, 0) is 46.1 Å². The van der Waals surface area contributed by atoms with E-state index in [1.807, 2.05) is 25.7 Å². The van der Waals surface area contributed by atoms with E-state index in [0.29, 0.717) is 50.2 Å². The lowest BCUT2D eigenvalue weighted by molar-refractivity contribution is -0.0481. The molecule has 4 aliphatic heterocycles. The summed E-state index contributed by atoms with van der Waals surface area (Å²) in [6.45, 7) is 7.25. The average molecular weight is 462 g/mol. The quantitative estimate of drug-likeness (QED) is 0.678. The fourth-order valence-electron chi connectivity index (χ4n) is 5.68.